The molecule has 1 fully saturated rings. The van der Waals surface area contributed by atoms with Crippen LogP contribution < -0.4 is 0 Å². The van der Waals surface area contributed by atoms with Gasteiger partial charge >= 0.3 is 0 Å². The summed E-state index contributed by atoms with van der Waals surface area (Å²) in [5.41, 5.74) is 6.50. The summed E-state index contributed by atoms with van der Waals surface area (Å²) < 4.78 is 14.2. The van der Waals surface area contributed by atoms with Gasteiger partial charge in [0.25, 0.3) is 0 Å². The molecule has 7 nitrogen and oxygen atoms in total. The smallest absolute Gasteiger partial charge is 0.159 e. The lowest BCUT2D eigenvalue weighted by atomic mass is 9.75. The average Bonchev–Trinajstić information content (AvgIpc) is 3.47. The summed E-state index contributed by atoms with van der Waals surface area (Å²) in [6, 6.07) is 1.31. The van der Waals surface area contributed by atoms with Crippen LogP contribution in [0.2, 0.25) is 0 Å². The molecule has 2 aliphatic heterocycles. The SMILES string of the molecule is CCC1=CC(O)=C(F)CC1C1C=Cc2c(-c3nc4c([nH]3)CN(C3CN(C(C)CC)C3)CC4)n[nH]c2C1. The Morgan fingerprint density at radius 1 is 1.22 bits per heavy atom. The molecule has 2 aliphatic carbocycles. The molecule has 0 aromatic carbocycles. The van der Waals surface area contributed by atoms with Crippen LogP contribution in [-0.2, 0) is 19.4 Å². The number of imidazole rings is 1. The maximum absolute atomic E-state index is 14.2. The summed E-state index contributed by atoms with van der Waals surface area (Å²) in [6.07, 6.45) is 9.94. The van der Waals surface area contributed by atoms with Gasteiger partial charge in [-0.3, -0.25) is 14.9 Å². The monoisotopic (exact) mass is 492 g/mol. The highest BCUT2D eigenvalue weighted by molar-refractivity contribution is 5.71. The van der Waals surface area contributed by atoms with Gasteiger partial charge in [0.05, 0.1) is 11.4 Å². The van der Waals surface area contributed by atoms with Crippen LogP contribution in [0, 0.1) is 11.8 Å². The summed E-state index contributed by atoms with van der Waals surface area (Å²) in [7, 11) is 0. The number of nitrogens with one attached hydrogen (secondary N) is 2. The lowest BCUT2D eigenvalue weighted by Gasteiger charge is -2.48. The number of hydrogen-bond acceptors (Lipinski definition) is 5. The van der Waals surface area contributed by atoms with Gasteiger partial charge in [0.2, 0.25) is 0 Å². The molecule has 192 valence electrons. The molecule has 8 heteroatoms. The van der Waals surface area contributed by atoms with Crippen LogP contribution >= 0.6 is 0 Å². The van der Waals surface area contributed by atoms with E-state index in [4.69, 9.17) is 4.98 Å². The van der Waals surface area contributed by atoms with Gasteiger partial charge < -0.3 is 10.1 Å². The second kappa shape index (κ2) is 9.30. The molecule has 6 rings (SSSR count). The van der Waals surface area contributed by atoms with Crippen LogP contribution in [-0.4, -0.2) is 66.8 Å². The number of aliphatic hydroxyl groups is 1. The molecular weight excluding hydrogens is 455 g/mol. The molecule has 3 unspecified atom stereocenters. The minimum absolute atomic E-state index is 0.0618. The third-order valence-corrected chi connectivity index (χ3v) is 8.94. The molecule has 1 saturated heterocycles. The van der Waals surface area contributed by atoms with E-state index in [1.54, 1.807) is 6.08 Å². The fraction of sp³-hybridized carbons (Fsp3) is 0.571. The number of aliphatic hydroxyl groups excluding tert-OH is 1. The van der Waals surface area contributed by atoms with Crippen molar-refractivity contribution in [1.82, 2.24) is 30.0 Å². The molecule has 2 aromatic heterocycles. The van der Waals surface area contributed by atoms with Gasteiger partial charge in [0.1, 0.15) is 17.3 Å². The van der Waals surface area contributed by atoms with Crippen molar-refractivity contribution < 1.29 is 9.50 Å². The minimum Gasteiger partial charge on any atom is -0.505 e. The van der Waals surface area contributed by atoms with Crippen molar-refractivity contribution >= 4 is 6.08 Å². The quantitative estimate of drug-likeness (QED) is 0.533. The standard InChI is InChI=1S/C28H37FN6O/c1-4-16(3)35-13-19(14-35)34-9-8-23-25(15-34)31-28(30-23)27-20-7-6-18(10-24(20)32-33-27)21-12-22(29)26(36)11-17(21)5-2/h6-7,11,16,18-19,21,36H,4-5,8-10,12-15H2,1-3H3,(H,30,31)(H,32,33). The van der Waals surface area contributed by atoms with Crippen molar-refractivity contribution in [3.8, 4) is 11.5 Å². The van der Waals surface area contributed by atoms with E-state index in [1.165, 1.54) is 25.2 Å². The summed E-state index contributed by atoms with van der Waals surface area (Å²) in [6.45, 7) is 11.0. The van der Waals surface area contributed by atoms with Crippen molar-refractivity contribution in [2.24, 2.45) is 11.8 Å². The normalized spacial score (nSPS) is 25.9. The zero-order chi connectivity index (χ0) is 25.0. The second-order valence-electron chi connectivity index (χ2n) is 11.0. The number of likely N-dealkylation sites (tertiary alicyclic amines) is 1. The summed E-state index contributed by atoms with van der Waals surface area (Å²) in [5, 5.41) is 17.7. The molecule has 4 aliphatic rings. The lowest BCUT2D eigenvalue weighted by Crippen LogP contribution is -2.62. The van der Waals surface area contributed by atoms with Gasteiger partial charge in [0.15, 0.2) is 5.82 Å². The van der Waals surface area contributed by atoms with E-state index in [9.17, 15) is 9.50 Å². The van der Waals surface area contributed by atoms with Gasteiger partial charge in [-0.1, -0.05) is 31.6 Å². The van der Waals surface area contributed by atoms with Crippen LogP contribution in [0.3, 0.4) is 0 Å². The Hall–Kier alpha value is -2.71. The summed E-state index contributed by atoms with van der Waals surface area (Å²) in [4.78, 5) is 13.7. The Morgan fingerprint density at radius 2 is 2.06 bits per heavy atom. The molecular formula is C28H37FN6O. The molecule has 0 amide bonds. The van der Waals surface area contributed by atoms with Crippen molar-refractivity contribution in [2.45, 2.75) is 71.5 Å². The Morgan fingerprint density at radius 3 is 2.83 bits per heavy atom. The zero-order valence-electron chi connectivity index (χ0n) is 21.5. The highest BCUT2D eigenvalue weighted by atomic mass is 19.1. The fourth-order valence-corrected chi connectivity index (χ4v) is 6.36. The topological polar surface area (TPSA) is 84.1 Å². The third kappa shape index (κ3) is 4.04. The Kier molecular flexibility index (Phi) is 6.12. The Labute approximate surface area is 212 Å². The van der Waals surface area contributed by atoms with E-state index in [1.807, 2.05) is 0 Å². The minimum atomic E-state index is -0.411. The molecule has 0 spiro atoms. The van der Waals surface area contributed by atoms with Crippen molar-refractivity contribution in [1.29, 1.82) is 0 Å². The molecule has 3 N–H and O–H groups in total. The number of aromatic nitrogens is 4. The van der Waals surface area contributed by atoms with Crippen molar-refractivity contribution in [2.75, 3.05) is 19.6 Å². The zero-order valence-corrected chi connectivity index (χ0v) is 21.5. The predicted molar refractivity (Wildman–Crippen MR) is 139 cm³/mol. The summed E-state index contributed by atoms with van der Waals surface area (Å²) >= 11 is 0. The molecule has 3 atom stereocenters. The third-order valence-electron chi connectivity index (χ3n) is 8.94. The highest BCUT2D eigenvalue weighted by Gasteiger charge is 2.36. The maximum atomic E-state index is 14.2. The maximum Gasteiger partial charge on any atom is 0.159 e. The van der Waals surface area contributed by atoms with Crippen LogP contribution in [0.25, 0.3) is 17.6 Å². The number of H-pyrrole nitrogens is 2. The van der Waals surface area contributed by atoms with E-state index in [0.717, 1.165) is 66.4 Å². The van der Waals surface area contributed by atoms with Gasteiger partial charge in [-0.15, -0.1) is 0 Å². The molecule has 0 radical (unpaired) electrons. The highest BCUT2D eigenvalue weighted by Crippen LogP contribution is 2.41. The van der Waals surface area contributed by atoms with Crippen LogP contribution in [0.4, 0.5) is 4.39 Å². The number of aromatic amines is 2. The molecule has 2 aromatic rings. The summed E-state index contributed by atoms with van der Waals surface area (Å²) in [5.74, 6) is 0.450. The Bertz CT molecular complexity index is 1230. The van der Waals surface area contributed by atoms with E-state index in [-0.39, 0.29) is 24.0 Å². The fourth-order valence-electron chi connectivity index (χ4n) is 6.36. The van der Waals surface area contributed by atoms with Gasteiger partial charge in [-0.2, -0.15) is 5.10 Å². The molecule has 0 saturated carbocycles. The van der Waals surface area contributed by atoms with E-state index < -0.39 is 5.83 Å². The van der Waals surface area contributed by atoms with E-state index in [2.05, 4.69) is 57.9 Å². The molecule has 4 heterocycles. The largest absolute Gasteiger partial charge is 0.505 e. The first-order valence-electron chi connectivity index (χ1n) is 13.5. The predicted octanol–water partition coefficient (Wildman–Crippen LogP) is 4.92. The lowest BCUT2D eigenvalue weighted by molar-refractivity contribution is 0.00113. The Balaban J connectivity index is 1.16. The first-order valence-corrected chi connectivity index (χ1v) is 13.5. The average molecular weight is 493 g/mol. The van der Waals surface area contributed by atoms with E-state index in [0.29, 0.717) is 12.1 Å². The van der Waals surface area contributed by atoms with Crippen molar-refractivity contribution in [3.63, 3.8) is 0 Å². The van der Waals surface area contributed by atoms with Gasteiger partial charge in [-0.05, 0) is 44.1 Å². The van der Waals surface area contributed by atoms with Gasteiger partial charge in [-0.25, -0.2) is 9.37 Å². The number of allylic oxidation sites excluding steroid dienone is 4. The van der Waals surface area contributed by atoms with Crippen molar-refractivity contribution in [3.05, 3.63) is 52.0 Å². The first kappa shape index (κ1) is 23.7. The van der Waals surface area contributed by atoms with Gasteiger partial charge in [0, 0.05) is 62.4 Å². The number of rotatable bonds is 6. The van der Waals surface area contributed by atoms with E-state index >= 15 is 0 Å². The number of hydrogen-bond donors (Lipinski definition) is 3. The number of fused-ring (bicyclic) bond motifs is 2. The van der Waals surface area contributed by atoms with Crippen LogP contribution in [0.5, 0.6) is 0 Å². The first-order chi connectivity index (χ1) is 17.4. The number of nitrogens with zero attached hydrogens (tertiary/aromatic N) is 4. The second-order valence-corrected chi connectivity index (χ2v) is 11.0. The number of halogens is 1. The molecule has 0 bridgehead atoms. The van der Waals surface area contributed by atoms with Crippen LogP contribution in [0.1, 0.15) is 62.7 Å². The molecule has 36 heavy (non-hydrogen) atoms. The van der Waals surface area contributed by atoms with Crippen LogP contribution in [0.15, 0.2) is 29.3 Å².